The van der Waals surface area contributed by atoms with Gasteiger partial charge in [-0.25, -0.2) is 0 Å². The smallest absolute Gasteiger partial charge is 0.0704 e. The van der Waals surface area contributed by atoms with Crippen molar-refractivity contribution in [3.8, 4) is 0 Å². The molecule has 0 radical (unpaired) electrons. The number of fused-ring (bicyclic) bond motifs is 1. The summed E-state index contributed by atoms with van der Waals surface area (Å²) in [5.41, 5.74) is 9.51. The van der Waals surface area contributed by atoms with E-state index in [1.807, 2.05) is 12.3 Å². The van der Waals surface area contributed by atoms with Crippen molar-refractivity contribution in [2.75, 3.05) is 39.3 Å². The lowest BCUT2D eigenvalue weighted by molar-refractivity contribution is 0.262. The minimum atomic E-state index is 0.352. The van der Waals surface area contributed by atoms with Crippen LogP contribution in [0.15, 0.2) is 60.5 Å². The molecule has 0 spiro atoms. The Morgan fingerprint density at radius 1 is 1.22 bits per heavy atom. The summed E-state index contributed by atoms with van der Waals surface area (Å²) in [7, 11) is 0. The Labute approximate surface area is 194 Å². The van der Waals surface area contributed by atoms with Gasteiger partial charge in [0.2, 0.25) is 0 Å². The Kier molecular flexibility index (Phi) is 10.2. The molecule has 5 heteroatoms. The van der Waals surface area contributed by atoms with Gasteiger partial charge in [-0.1, -0.05) is 50.6 Å². The standard InChI is InChI=1S/C27H40N5/c1-3-23-9-8-11-25(28)20-29-16-18-32(21-22(2)31-19-23)17-7-6-10-24-14-15-30-27-13-5-4-12-26(24)27/h4-5,8-9,11-15,22-23,29H,3,6-7,10,16-21,28H2,1-2H3/q-1/b9-8-,25-11-/t22-,23?/m0/s1. The van der Waals surface area contributed by atoms with E-state index in [9.17, 15) is 0 Å². The Bertz CT molecular complexity index is 870. The zero-order chi connectivity index (χ0) is 22.6. The van der Waals surface area contributed by atoms with Crippen LogP contribution in [0.5, 0.6) is 0 Å². The SMILES string of the molecule is CCC1/C=C\C=C(/N)CNCCN(CCCCc2ccnc3ccccc23)C[C@H](C)[N-]C1. The maximum Gasteiger partial charge on any atom is 0.0704 e. The highest BCUT2D eigenvalue weighted by atomic mass is 15.2. The molecule has 1 aromatic heterocycles. The molecule has 5 nitrogen and oxygen atoms in total. The zero-order valence-corrected chi connectivity index (χ0v) is 19.8. The van der Waals surface area contributed by atoms with E-state index in [1.54, 1.807) is 0 Å². The molecule has 3 N–H and O–H groups in total. The molecule has 3 rings (SSSR count). The van der Waals surface area contributed by atoms with Gasteiger partial charge in [0.1, 0.15) is 0 Å². The minimum absolute atomic E-state index is 0.352. The lowest BCUT2D eigenvalue weighted by Gasteiger charge is -2.36. The van der Waals surface area contributed by atoms with Gasteiger partial charge in [-0.2, -0.15) is 0 Å². The monoisotopic (exact) mass is 434 g/mol. The minimum Gasteiger partial charge on any atom is -0.658 e. The Hall–Kier alpha value is -2.21. The van der Waals surface area contributed by atoms with Crippen LogP contribution in [0.3, 0.4) is 0 Å². The molecule has 1 aliphatic rings. The molecule has 0 saturated carbocycles. The van der Waals surface area contributed by atoms with Crippen LogP contribution in [0, 0.1) is 5.92 Å². The van der Waals surface area contributed by atoms with E-state index >= 15 is 0 Å². The van der Waals surface area contributed by atoms with E-state index in [0.717, 1.165) is 63.3 Å². The number of benzene rings is 1. The molecule has 2 aromatic rings. The Balaban J connectivity index is 1.52. The van der Waals surface area contributed by atoms with Crippen molar-refractivity contribution in [3.05, 3.63) is 71.3 Å². The number of hydrogen-bond donors (Lipinski definition) is 2. The van der Waals surface area contributed by atoms with Crippen LogP contribution in [0.4, 0.5) is 0 Å². The molecule has 1 aromatic carbocycles. The highest BCUT2D eigenvalue weighted by Crippen LogP contribution is 2.18. The summed E-state index contributed by atoms with van der Waals surface area (Å²) in [6.07, 6.45) is 12.9. The molecule has 0 fully saturated rings. The van der Waals surface area contributed by atoms with E-state index in [0.29, 0.717) is 12.0 Å². The maximum atomic E-state index is 6.13. The van der Waals surface area contributed by atoms with Gasteiger partial charge in [0.05, 0.1) is 5.52 Å². The number of nitrogens with one attached hydrogen (secondary N) is 1. The zero-order valence-electron chi connectivity index (χ0n) is 19.8. The summed E-state index contributed by atoms with van der Waals surface area (Å²) in [6, 6.07) is 11.0. The quantitative estimate of drug-likeness (QED) is 0.650. The third kappa shape index (κ3) is 8.05. The molecule has 0 bridgehead atoms. The summed E-state index contributed by atoms with van der Waals surface area (Å²) in [6.45, 7) is 10.2. The number of hydrogen-bond acceptors (Lipinski definition) is 4. The van der Waals surface area contributed by atoms with Crippen molar-refractivity contribution in [2.24, 2.45) is 11.7 Å². The van der Waals surface area contributed by atoms with Gasteiger partial charge in [0.15, 0.2) is 0 Å². The molecule has 2 heterocycles. The van der Waals surface area contributed by atoms with Crippen LogP contribution < -0.4 is 11.1 Å². The highest BCUT2D eigenvalue weighted by Gasteiger charge is 2.08. The first-order chi connectivity index (χ1) is 15.7. The maximum absolute atomic E-state index is 6.13. The number of aryl methyl sites for hydroxylation is 1. The van der Waals surface area contributed by atoms with Gasteiger partial charge < -0.3 is 21.3 Å². The first-order valence-electron chi connectivity index (χ1n) is 12.2. The summed E-state index contributed by atoms with van der Waals surface area (Å²) < 4.78 is 0. The lowest BCUT2D eigenvalue weighted by atomic mass is 10.0. The third-order valence-electron chi connectivity index (χ3n) is 6.24. The third-order valence-corrected chi connectivity index (χ3v) is 6.24. The van der Waals surface area contributed by atoms with Crippen molar-refractivity contribution >= 4 is 10.9 Å². The predicted molar refractivity (Wildman–Crippen MR) is 137 cm³/mol. The second-order valence-electron chi connectivity index (χ2n) is 8.93. The number of allylic oxidation sites excluding steroid dienone is 2. The molecule has 0 amide bonds. The molecular weight excluding hydrogens is 394 g/mol. The number of aromatic nitrogens is 1. The fourth-order valence-electron chi connectivity index (χ4n) is 4.26. The van der Waals surface area contributed by atoms with E-state index < -0.39 is 0 Å². The molecule has 32 heavy (non-hydrogen) atoms. The van der Waals surface area contributed by atoms with Gasteiger partial charge in [-0.3, -0.25) is 4.98 Å². The average Bonchev–Trinajstić information content (AvgIpc) is 2.81. The first kappa shape index (κ1) is 24.4. The number of nitrogens with zero attached hydrogens (tertiary/aromatic N) is 3. The number of rotatable bonds is 6. The number of para-hydroxylation sites is 1. The summed E-state index contributed by atoms with van der Waals surface area (Å²) in [4.78, 5) is 7.05. The Morgan fingerprint density at radius 2 is 2.09 bits per heavy atom. The Morgan fingerprint density at radius 3 is 2.97 bits per heavy atom. The van der Waals surface area contributed by atoms with E-state index in [1.165, 1.54) is 23.8 Å². The molecule has 174 valence electrons. The van der Waals surface area contributed by atoms with Gasteiger partial charge in [-0.05, 0) is 62.0 Å². The molecule has 0 aliphatic carbocycles. The van der Waals surface area contributed by atoms with Gasteiger partial charge in [-0.15, -0.1) is 12.6 Å². The molecule has 0 saturated heterocycles. The average molecular weight is 435 g/mol. The van der Waals surface area contributed by atoms with Crippen molar-refractivity contribution in [1.82, 2.24) is 15.2 Å². The van der Waals surface area contributed by atoms with Crippen LogP contribution in [0.2, 0.25) is 0 Å². The van der Waals surface area contributed by atoms with Crippen molar-refractivity contribution in [1.29, 1.82) is 0 Å². The van der Waals surface area contributed by atoms with Crippen molar-refractivity contribution < 1.29 is 0 Å². The van der Waals surface area contributed by atoms with Crippen molar-refractivity contribution in [2.45, 2.75) is 45.6 Å². The topological polar surface area (TPSA) is 68.3 Å². The van der Waals surface area contributed by atoms with Crippen LogP contribution in [-0.2, 0) is 6.42 Å². The summed E-state index contributed by atoms with van der Waals surface area (Å²) in [5, 5.41) is 9.75. The molecular formula is C27H40N5-. The normalized spacial score (nSPS) is 24.5. The molecule has 1 aliphatic heterocycles. The van der Waals surface area contributed by atoms with Gasteiger partial charge >= 0.3 is 0 Å². The van der Waals surface area contributed by atoms with Crippen LogP contribution >= 0.6 is 0 Å². The largest absolute Gasteiger partial charge is 0.658 e. The number of nitrogens with two attached hydrogens (primary N) is 1. The summed E-state index contributed by atoms with van der Waals surface area (Å²) >= 11 is 0. The lowest BCUT2D eigenvalue weighted by Crippen LogP contribution is -2.38. The van der Waals surface area contributed by atoms with Crippen LogP contribution in [0.25, 0.3) is 16.2 Å². The molecule has 1 unspecified atom stereocenters. The van der Waals surface area contributed by atoms with Crippen LogP contribution in [0.1, 0.15) is 38.7 Å². The molecule has 2 atom stereocenters. The van der Waals surface area contributed by atoms with E-state index in [4.69, 9.17) is 11.1 Å². The van der Waals surface area contributed by atoms with E-state index in [2.05, 4.69) is 71.5 Å². The fraction of sp³-hybridized carbons (Fsp3) is 0.519. The second-order valence-corrected chi connectivity index (χ2v) is 8.93. The second kappa shape index (κ2) is 13.4. The van der Waals surface area contributed by atoms with Crippen LogP contribution in [-0.4, -0.2) is 55.2 Å². The highest BCUT2D eigenvalue weighted by molar-refractivity contribution is 5.81. The summed E-state index contributed by atoms with van der Waals surface area (Å²) in [5.74, 6) is 0.487. The van der Waals surface area contributed by atoms with E-state index in [-0.39, 0.29) is 0 Å². The van der Waals surface area contributed by atoms with Gasteiger partial charge in [0, 0.05) is 36.9 Å². The number of pyridine rings is 1. The first-order valence-corrected chi connectivity index (χ1v) is 12.2. The fourth-order valence-corrected chi connectivity index (χ4v) is 4.26. The number of unbranched alkanes of at least 4 members (excludes halogenated alkanes) is 1. The van der Waals surface area contributed by atoms with Crippen molar-refractivity contribution in [3.63, 3.8) is 0 Å². The predicted octanol–water partition coefficient (Wildman–Crippen LogP) is 4.65. The van der Waals surface area contributed by atoms with Gasteiger partial charge in [0.25, 0.3) is 0 Å².